The lowest BCUT2D eigenvalue weighted by molar-refractivity contribution is -0.142. The molecule has 1 aromatic rings. The van der Waals surface area contributed by atoms with E-state index >= 15 is 0 Å². The number of nitrogens with zero attached hydrogens (tertiary/aromatic N) is 1. The minimum atomic E-state index is -4.22. The van der Waals surface area contributed by atoms with E-state index in [4.69, 9.17) is 5.11 Å². The number of hydrogen-bond donors (Lipinski definition) is 1. The van der Waals surface area contributed by atoms with Gasteiger partial charge < -0.3 is 5.11 Å². The molecule has 1 aliphatic heterocycles. The van der Waals surface area contributed by atoms with Crippen molar-refractivity contribution in [2.75, 3.05) is 12.8 Å². The first-order chi connectivity index (χ1) is 10.5. The molecule has 0 saturated carbocycles. The molecule has 0 aliphatic carbocycles. The summed E-state index contributed by atoms with van der Waals surface area (Å²) in [5.74, 6) is -2.45. The quantitative estimate of drug-likeness (QED) is 0.847. The van der Waals surface area contributed by atoms with E-state index in [-0.39, 0.29) is 13.0 Å². The summed E-state index contributed by atoms with van der Waals surface area (Å²) in [6.07, 6.45) is 2.08. The molecule has 0 radical (unpaired) electrons. The smallest absolute Gasteiger partial charge is 0.322 e. The highest BCUT2D eigenvalue weighted by Crippen LogP contribution is 2.27. The summed E-state index contributed by atoms with van der Waals surface area (Å²) in [6.45, 7) is 0.0226. The zero-order chi connectivity index (χ0) is 17.4. The van der Waals surface area contributed by atoms with Gasteiger partial charge >= 0.3 is 5.97 Å². The Morgan fingerprint density at radius 1 is 1.26 bits per heavy atom. The van der Waals surface area contributed by atoms with Gasteiger partial charge in [-0.15, -0.1) is 0 Å². The number of aliphatic carboxylic acids is 1. The third kappa shape index (κ3) is 3.54. The Balaban J connectivity index is 2.47. The van der Waals surface area contributed by atoms with Crippen molar-refractivity contribution < 1.29 is 31.1 Å². The van der Waals surface area contributed by atoms with Crippen LogP contribution in [0, 0.1) is 5.82 Å². The van der Waals surface area contributed by atoms with Gasteiger partial charge in [0.05, 0.1) is 4.90 Å². The fourth-order valence-corrected chi connectivity index (χ4v) is 4.91. The summed E-state index contributed by atoms with van der Waals surface area (Å²) in [6, 6.07) is 1.25. The number of benzene rings is 1. The molecule has 1 fully saturated rings. The number of sulfonamides is 1. The van der Waals surface area contributed by atoms with Crippen LogP contribution in [0.15, 0.2) is 28.0 Å². The average molecular weight is 365 g/mol. The second-order valence-electron chi connectivity index (χ2n) is 5.33. The SMILES string of the molecule is CS(=O)(=O)c1ccc(S(=O)(=O)N2CCCCC2C(=O)O)cc1F. The monoisotopic (exact) mass is 365 g/mol. The molecular formula is C13H16FNO6S2. The number of rotatable bonds is 4. The number of sulfone groups is 1. The molecule has 2 rings (SSSR count). The van der Waals surface area contributed by atoms with Crippen molar-refractivity contribution in [1.82, 2.24) is 4.31 Å². The number of halogens is 1. The van der Waals surface area contributed by atoms with Gasteiger partial charge in [0.2, 0.25) is 10.0 Å². The summed E-state index contributed by atoms with van der Waals surface area (Å²) in [4.78, 5) is 10.2. The molecule has 1 N–H and O–H groups in total. The maximum atomic E-state index is 13.9. The summed E-state index contributed by atoms with van der Waals surface area (Å²) >= 11 is 0. The number of hydrogen-bond acceptors (Lipinski definition) is 5. The van der Waals surface area contributed by atoms with Gasteiger partial charge in [-0.2, -0.15) is 4.31 Å². The third-order valence-corrected chi connectivity index (χ3v) is 6.68. The minimum Gasteiger partial charge on any atom is -0.480 e. The molecule has 0 bridgehead atoms. The summed E-state index contributed by atoms with van der Waals surface area (Å²) in [5, 5.41) is 9.16. The maximum Gasteiger partial charge on any atom is 0.322 e. The molecule has 1 aliphatic rings. The van der Waals surface area contributed by atoms with E-state index in [1.165, 1.54) is 0 Å². The number of carbonyl (C=O) groups is 1. The fraction of sp³-hybridized carbons (Fsp3) is 0.462. The summed E-state index contributed by atoms with van der Waals surface area (Å²) in [5.41, 5.74) is 0. The van der Waals surface area contributed by atoms with Gasteiger partial charge in [0.1, 0.15) is 16.8 Å². The summed E-state index contributed by atoms with van der Waals surface area (Å²) < 4.78 is 62.6. The highest BCUT2D eigenvalue weighted by Gasteiger charge is 2.38. The highest BCUT2D eigenvalue weighted by atomic mass is 32.2. The second-order valence-corrected chi connectivity index (χ2v) is 9.20. The Morgan fingerprint density at radius 2 is 1.91 bits per heavy atom. The van der Waals surface area contributed by atoms with Crippen molar-refractivity contribution in [3.63, 3.8) is 0 Å². The van der Waals surface area contributed by atoms with Gasteiger partial charge in [0.25, 0.3) is 0 Å². The molecule has 1 unspecified atom stereocenters. The van der Waals surface area contributed by atoms with Crippen LogP contribution < -0.4 is 0 Å². The van der Waals surface area contributed by atoms with Gasteiger partial charge in [-0.25, -0.2) is 21.2 Å². The second kappa shape index (κ2) is 6.17. The van der Waals surface area contributed by atoms with Crippen LogP contribution in [-0.4, -0.2) is 51.1 Å². The molecule has 0 spiro atoms. The molecule has 0 amide bonds. The molecule has 0 aromatic heterocycles. The van der Waals surface area contributed by atoms with Crippen molar-refractivity contribution in [3.8, 4) is 0 Å². The Bertz CT molecular complexity index is 834. The third-order valence-electron chi connectivity index (χ3n) is 3.65. The van der Waals surface area contributed by atoms with Gasteiger partial charge in [-0.1, -0.05) is 0 Å². The lowest BCUT2D eigenvalue weighted by Gasteiger charge is -2.31. The van der Waals surface area contributed by atoms with Gasteiger partial charge in [0, 0.05) is 12.8 Å². The van der Waals surface area contributed by atoms with Crippen LogP contribution in [-0.2, 0) is 24.7 Å². The van der Waals surface area contributed by atoms with Crippen LogP contribution >= 0.6 is 0 Å². The molecule has 23 heavy (non-hydrogen) atoms. The van der Waals surface area contributed by atoms with Crippen molar-refractivity contribution in [2.45, 2.75) is 35.1 Å². The van der Waals surface area contributed by atoms with E-state index in [0.717, 1.165) is 22.7 Å². The molecule has 128 valence electrons. The first-order valence-electron chi connectivity index (χ1n) is 6.79. The molecule has 1 aromatic carbocycles. The van der Waals surface area contributed by atoms with Crippen molar-refractivity contribution >= 4 is 25.8 Å². The molecule has 1 heterocycles. The van der Waals surface area contributed by atoms with Crippen LogP contribution in [0.25, 0.3) is 0 Å². The fourth-order valence-electron chi connectivity index (χ4n) is 2.52. The Morgan fingerprint density at radius 3 is 2.43 bits per heavy atom. The van der Waals surface area contributed by atoms with Gasteiger partial charge in [0.15, 0.2) is 9.84 Å². The van der Waals surface area contributed by atoms with Gasteiger partial charge in [-0.05, 0) is 37.5 Å². The normalized spacial score (nSPS) is 20.3. The number of carboxylic acids is 1. The number of carboxylic acid groups (broad SMARTS) is 1. The van der Waals surface area contributed by atoms with Crippen LogP contribution in [0.2, 0.25) is 0 Å². The van der Waals surface area contributed by atoms with Crippen molar-refractivity contribution in [3.05, 3.63) is 24.0 Å². The topological polar surface area (TPSA) is 109 Å². The summed E-state index contributed by atoms with van der Waals surface area (Å²) in [7, 11) is -8.05. The highest BCUT2D eigenvalue weighted by molar-refractivity contribution is 7.90. The minimum absolute atomic E-state index is 0.0226. The first-order valence-corrected chi connectivity index (χ1v) is 10.1. The van der Waals surface area contributed by atoms with Gasteiger partial charge in [-0.3, -0.25) is 4.79 Å². The zero-order valence-corrected chi connectivity index (χ0v) is 13.9. The Labute approximate surface area is 133 Å². The van der Waals surface area contributed by atoms with E-state index in [0.29, 0.717) is 18.9 Å². The van der Waals surface area contributed by atoms with E-state index in [2.05, 4.69) is 0 Å². The van der Waals surface area contributed by atoms with E-state index < -0.39 is 47.5 Å². The van der Waals surface area contributed by atoms with Crippen molar-refractivity contribution in [2.24, 2.45) is 0 Å². The van der Waals surface area contributed by atoms with Crippen LogP contribution in [0.3, 0.4) is 0 Å². The van der Waals surface area contributed by atoms with Crippen molar-refractivity contribution in [1.29, 1.82) is 0 Å². The Hall–Kier alpha value is -1.52. The maximum absolute atomic E-state index is 13.9. The van der Waals surface area contributed by atoms with Crippen LogP contribution in [0.1, 0.15) is 19.3 Å². The molecule has 10 heteroatoms. The predicted molar refractivity (Wildman–Crippen MR) is 78.7 cm³/mol. The van der Waals surface area contributed by atoms with Crippen LogP contribution in [0.5, 0.6) is 0 Å². The first kappa shape index (κ1) is 17.8. The predicted octanol–water partition coefficient (Wildman–Crippen LogP) is 0.857. The Kier molecular flexibility index (Phi) is 4.79. The zero-order valence-electron chi connectivity index (χ0n) is 12.3. The largest absolute Gasteiger partial charge is 0.480 e. The average Bonchev–Trinajstić information content (AvgIpc) is 2.45. The number of piperidine rings is 1. The standard InChI is InChI=1S/C13H16FNO6S2/c1-22(18,19)12-6-5-9(8-10(12)14)23(20,21)15-7-3-2-4-11(15)13(16)17/h5-6,8,11H,2-4,7H2,1H3,(H,16,17). The van der Waals surface area contributed by atoms with E-state index in [1.54, 1.807) is 0 Å². The lowest BCUT2D eigenvalue weighted by Crippen LogP contribution is -2.47. The molecule has 1 saturated heterocycles. The van der Waals surface area contributed by atoms with Crippen LogP contribution in [0.4, 0.5) is 4.39 Å². The van der Waals surface area contributed by atoms with E-state index in [1.807, 2.05) is 0 Å². The lowest BCUT2D eigenvalue weighted by atomic mass is 10.1. The molecular weight excluding hydrogens is 349 g/mol. The molecule has 1 atom stereocenters. The van der Waals surface area contributed by atoms with E-state index in [9.17, 15) is 26.0 Å². The molecule has 7 nitrogen and oxygen atoms in total.